The zero-order valence-electron chi connectivity index (χ0n) is 57.8. The third-order valence-corrected chi connectivity index (χ3v) is 23.6. The molecule has 0 atom stereocenters. The van der Waals surface area contributed by atoms with E-state index >= 15 is 0 Å². The fourth-order valence-corrected chi connectivity index (χ4v) is 18.0. The lowest BCUT2D eigenvalue weighted by Crippen LogP contribution is -2.61. The van der Waals surface area contributed by atoms with Crippen molar-refractivity contribution < 1.29 is 0 Å². The molecule has 2 aliphatic carbocycles. The largest absolute Gasteiger partial charge is 0.311 e. The van der Waals surface area contributed by atoms with Crippen molar-refractivity contribution in [1.82, 2.24) is 9.13 Å². The molecule has 0 unspecified atom stereocenters. The number of rotatable bonds is 8. The minimum absolute atomic E-state index is 0.0851. The van der Waals surface area contributed by atoms with Gasteiger partial charge in [0.2, 0.25) is 0 Å². The Labute approximate surface area is 582 Å². The Kier molecular flexibility index (Phi) is 13.1. The number of aromatic nitrogens is 2. The maximum absolute atomic E-state index is 2.62. The minimum atomic E-state index is -0.144. The molecule has 2 aromatic heterocycles. The SMILES string of the molecule is CC1(C)CCC(C)(C)c2cc(-c3ccc(N4c5cc(-c6ccccc6)ccc5B5c6ccc(-n7c8ccccc8c8ccccc87)cc6N(c6ccc(-c7ccc8c(c7)C(C)(C)CCC8(C)C)cc6)c6cc(-n7c8ccccc8c8cc(-c9ccccc9)ccc87)cc4c65)cc3)ccc21. The van der Waals surface area contributed by atoms with Gasteiger partial charge in [0, 0.05) is 61.4 Å². The van der Waals surface area contributed by atoms with Crippen molar-refractivity contribution in [3.8, 4) is 55.9 Å². The third kappa shape index (κ3) is 9.26. The highest BCUT2D eigenvalue weighted by atomic mass is 15.2. The van der Waals surface area contributed by atoms with Gasteiger partial charge in [-0.2, -0.15) is 0 Å². The normalized spacial score (nSPS) is 16.0. The molecular formula is C94H79BN4. The quantitative estimate of drug-likeness (QED) is 0.141. The third-order valence-electron chi connectivity index (χ3n) is 23.6. The molecule has 0 saturated heterocycles. The van der Waals surface area contributed by atoms with Crippen LogP contribution >= 0.6 is 0 Å². The summed E-state index contributed by atoms with van der Waals surface area (Å²) >= 11 is 0. The molecule has 13 aromatic carbocycles. The molecule has 0 amide bonds. The van der Waals surface area contributed by atoms with E-state index in [1.54, 1.807) is 0 Å². The molecule has 2 aliphatic heterocycles. The van der Waals surface area contributed by atoms with Gasteiger partial charge in [0.25, 0.3) is 6.71 Å². The van der Waals surface area contributed by atoms with E-state index in [0.29, 0.717) is 0 Å². The van der Waals surface area contributed by atoms with Crippen LogP contribution in [-0.4, -0.2) is 15.8 Å². The highest BCUT2D eigenvalue weighted by Gasteiger charge is 2.45. The van der Waals surface area contributed by atoms with Crippen LogP contribution in [0.3, 0.4) is 0 Å². The van der Waals surface area contributed by atoms with E-state index in [-0.39, 0.29) is 28.4 Å². The van der Waals surface area contributed by atoms with Crippen LogP contribution in [-0.2, 0) is 21.7 Å². The molecule has 5 heteroatoms. The molecule has 19 rings (SSSR count). The molecule has 4 nitrogen and oxygen atoms in total. The fourth-order valence-electron chi connectivity index (χ4n) is 18.0. The Morgan fingerprint density at radius 2 is 0.576 bits per heavy atom. The van der Waals surface area contributed by atoms with Crippen molar-refractivity contribution in [3.63, 3.8) is 0 Å². The van der Waals surface area contributed by atoms with Crippen molar-refractivity contribution in [2.24, 2.45) is 0 Å². The lowest BCUT2D eigenvalue weighted by Gasteiger charge is -2.44. The molecule has 4 aliphatic rings. The Bertz CT molecular complexity index is 5750. The maximum Gasteiger partial charge on any atom is 0.252 e. The van der Waals surface area contributed by atoms with Crippen molar-refractivity contribution >= 4 is 101 Å². The van der Waals surface area contributed by atoms with E-state index in [2.05, 4.69) is 359 Å². The minimum Gasteiger partial charge on any atom is -0.311 e. The van der Waals surface area contributed by atoms with Gasteiger partial charge in [0.1, 0.15) is 0 Å². The highest BCUT2D eigenvalue weighted by Crippen LogP contribution is 2.52. The molecule has 0 N–H and O–H groups in total. The van der Waals surface area contributed by atoms with Crippen LogP contribution in [0.2, 0.25) is 0 Å². The number of hydrogen-bond donors (Lipinski definition) is 0. The van der Waals surface area contributed by atoms with Crippen molar-refractivity contribution in [3.05, 3.63) is 307 Å². The van der Waals surface area contributed by atoms with Gasteiger partial charge in [-0.05, 0) is 215 Å². The van der Waals surface area contributed by atoms with E-state index in [9.17, 15) is 0 Å². The smallest absolute Gasteiger partial charge is 0.252 e. The second kappa shape index (κ2) is 21.8. The van der Waals surface area contributed by atoms with E-state index < -0.39 is 0 Å². The number of hydrogen-bond acceptors (Lipinski definition) is 2. The molecule has 4 heterocycles. The molecular weight excluding hydrogens is 1200 g/mol. The standard InChI is InChI=1S/C94H79BN4/c1-91(2)49-51-93(5,6)78-54-65(35-44-76(78)91)62-31-39-68(40-32-62)96-86-56-67(61-23-13-10-14-24-61)37-46-80(86)95-81-47-43-70(98-82-28-18-15-25-72(82)73-26-16-19-29-83(73)98)57-87(81)97(69-41-33-63(34-42-69)66-36-45-77-79(55-66)94(7,8)52-50-92(77,3)4)89-59-71(58-88(96)90(89)95)99-84-30-20-17-27-74(84)75-53-64(38-48-85(75)99)60-21-11-9-12-22-60/h9-48,53-59H,49-52H2,1-8H3. The number of nitrogens with zero attached hydrogens (tertiary/aromatic N) is 4. The zero-order valence-corrected chi connectivity index (χ0v) is 57.8. The van der Waals surface area contributed by atoms with Gasteiger partial charge in [-0.1, -0.05) is 256 Å². The van der Waals surface area contributed by atoms with Crippen molar-refractivity contribution in [2.75, 3.05) is 9.80 Å². The van der Waals surface area contributed by atoms with E-state index in [4.69, 9.17) is 0 Å². The van der Waals surface area contributed by atoms with E-state index in [0.717, 1.165) is 50.8 Å². The average Bonchev–Trinajstić information content (AvgIpc) is 1.26. The Morgan fingerprint density at radius 3 is 1.07 bits per heavy atom. The Hall–Kier alpha value is -10.9. The topological polar surface area (TPSA) is 16.3 Å². The molecule has 99 heavy (non-hydrogen) atoms. The summed E-state index contributed by atoms with van der Waals surface area (Å²) in [7, 11) is 0. The molecule has 0 saturated carbocycles. The summed E-state index contributed by atoms with van der Waals surface area (Å²) in [5, 5.41) is 4.93. The molecule has 15 aromatic rings. The van der Waals surface area contributed by atoms with Crippen LogP contribution in [0.15, 0.2) is 285 Å². The number of fused-ring (bicyclic) bond motifs is 12. The van der Waals surface area contributed by atoms with E-state index in [1.165, 1.54) is 147 Å². The second-order valence-corrected chi connectivity index (χ2v) is 31.4. The number of para-hydroxylation sites is 3. The van der Waals surface area contributed by atoms with Crippen molar-refractivity contribution in [2.45, 2.75) is 103 Å². The van der Waals surface area contributed by atoms with Crippen LogP contribution in [0.5, 0.6) is 0 Å². The van der Waals surface area contributed by atoms with Gasteiger partial charge < -0.3 is 18.9 Å². The monoisotopic (exact) mass is 1270 g/mol. The first kappa shape index (κ1) is 59.4. The lowest BCUT2D eigenvalue weighted by molar-refractivity contribution is 0.332. The summed E-state index contributed by atoms with van der Waals surface area (Å²) in [4.78, 5) is 5.24. The molecule has 0 bridgehead atoms. The van der Waals surface area contributed by atoms with Crippen LogP contribution in [0.25, 0.3) is 99.5 Å². The van der Waals surface area contributed by atoms with Gasteiger partial charge in [-0.25, -0.2) is 0 Å². The van der Waals surface area contributed by atoms with Gasteiger partial charge in [0.05, 0.1) is 27.8 Å². The summed E-state index contributed by atoms with van der Waals surface area (Å²) in [5.74, 6) is 0. The summed E-state index contributed by atoms with van der Waals surface area (Å²) in [6, 6.07) is 109. The summed E-state index contributed by atoms with van der Waals surface area (Å²) in [6.45, 7) is 19.3. The molecule has 0 radical (unpaired) electrons. The van der Waals surface area contributed by atoms with Gasteiger partial charge in [-0.3, -0.25) is 0 Å². The highest BCUT2D eigenvalue weighted by molar-refractivity contribution is 7.00. The number of benzene rings is 13. The summed E-state index contributed by atoms with van der Waals surface area (Å²) in [6.07, 6.45) is 4.72. The Balaban J connectivity index is 0.887. The van der Waals surface area contributed by atoms with Crippen LogP contribution in [0.1, 0.15) is 103 Å². The zero-order chi connectivity index (χ0) is 66.8. The summed E-state index contributed by atoms with van der Waals surface area (Å²) in [5.41, 5.74) is 33.6. The first-order chi connectivity index (χ1) is 48.0. The van der Waals surface area contributed by atoms with Crippen molar-refractivity contribution in [1.29, 1.82) is 0 Å². The van der Waals surface area contributed by atoms with Gasteiger partial charge in [-0.15, -0.1) is 0 Å². The fraction of sp³-hybridized carbons (Fsp3) is 0.170. The lowest BCUT2D eigenvalue weighted by atomic mass is 9.33. The Morgan fingerprint density at radius 1 is 0.242 bits per heavy atom. The molecule has 0 fully saturated rings. The average molecular weight is 1280 g/mol. The molecule has 478 valence electrons. The molecule has 0 spiro atoms. The van der Waals surface area contributed by atoms with Crippen LogP contribution in [0.4, 0.5) is 34.1 Å². The van der Waals surface area contributed by atoms with Gasteiger partial charge >= 0.3 is 0 Å². The van der Waals surface area contributed by atoms with Crippen LogP contribution < -0.4 is 26.2 Å². The first-order valence-corrected chi connectivity index (χ1v) is 35.8. The van der Waals surface area contributed by atoms with Crippen LogP contribution in [0, 0.1) is 0 Å². The van der Waals surface area contributed by atoms with E-state index in [1.807, 2.05) is 0 Å². The predicted octanol–water partition coefficient (Wildman–Crippen LogP) is 23.3. The first-order valence-electron chi connectivity index (χ1n) is 35.8. The second-order valence-electron chi connectivity index (χ2n) is 31.4. The van der Waals surface area contributed by atoms with Gasteiger partial charge in [0.15, 0.2) is 0 Å². The maximum atomic E-state index is 2.62. The number of anilines is 6. The predicted molar refractivity (Wildman–Crippen MR) is 421 cm³/mol. The summed E-state index contributed by atoms with van der Waals surface area (Å²) < 4.78 is 5.04.